The lowest BCUT2D eigenvalue weighted by molar-refractivity contribution is -0.117. The molecule has 0 spiro atoms. The number of hydrogen-bond donors (Lipinski definition) is 2. The zero-order valence-electron chi connectivity index (χ0n) is 16.5. The van der Waals surface area contributed by atoms with Crippen LogP contribution in [0.4, 0.5) is 0 Å². The molecule has 2 N–H and O–H groups in total. The molecule has 3 rings (SSSR count). The van der Waals surface area contributed by atoms with Gasteiger partial charge in [-0.25, -0.2) is 0 Å². The number of benzene rings is 2. The number of amides is 2. The van der Waals surface area contributed by atoms with Crippen LogP contribution in [0, 0.1) is 6.92 Å². The molecule has 0 saturated carbocycles. The van der Waals surface area contributed by atoms with Crippen molar-refractivity contribution < 1.29 is 14.0 Å². The third-order valence-electron chi connectivity index (χ3n) is 4.25. The van der Waals surface area contributed by atoms with Crippen LogP contribution in [0.1, 0.15) is 28.6 Å². The Morgan fingerprint density at radius 3 is 2.43 bits per heavy atom. The average molecular weight is 443 g/mol. The first-order valence-electron chi connectivity index (χ1n) is 9.30. The zero-order valence-corrected chi connectivity index (χ0v) is 18.0. The van der Waals surface area contributed by atoms with E-state index < -0.39 is 5.91 Å². The van der Waals surface area contributed by atoms with Gasteiger partial charge in [-0.1, -0.05) is 40.9 Å². The van der Waals surface area contributed by atoms with Gasteiger partial charge >= 0.3 is 0 Å². The normalized spacial score (nSPS) is 11.3. The van der Waals surface area contributed by atoms with Gasteiger partial charge in [0.05, 0.1) is 5.02 Å². The molecular weight excluding hydrogens is 423 g/mol. The third-order valence-corrected chi connectivity index (χ3v) is 4.80. The summed E-state index contributed by atoms with van der Waals surface area (Å²) in [5, 5.41) is 6.32. The Morgan fingerprint density at radius 1 is 1.03 bits per heavy atom. The lowest BCUT2D eigenvalue weighted by atomic mass is 10.1. The molecule has 0 unspecified atom stereocenters. The van der Waals surface area contributed by atoms with Gasteiger partial charge in [-0.2, -0.15) is 0 Å². The maximum absolute atomic E-state index is 12.6. The minimum Gasteiger partial charge on any atom is -0.457 e. The van der Waals surface area contributed by atoms with Crippen LogP contribution < -0.4 is 10.6 Å². The molecule has 1 aromatic heterocycles. The molecule has 0 aliphatic rings. The molecule has 3 aromatic rings. The van der Waals surface area contributed by atoms with Crippen LogP contribution in [-0.2, 0) is 4.79 Å². The molecule has 0 aliphatic heterocycles. The van der Waals surface area contributed by atoms with E-state index in [0.717, 1.165) is 5.56 Å². The largest absolute Gasteiger partial charge is 0.457 e. The molecule has 0 aliphatic carbocycles. The van der Waals surface area contributed by atoms with E-state index in [1.165, 1.54) is 6.08 Å². The highest BCUT2D eigenvalue weighted by Crippen LogP contribution is 2.31. The van der Waals surface area contributed by atoms with Crippen LogP contribution in [0.25, 0.3) is 17.4 Å². The second-order valence-electron chi connectivity index (χ2n) is 6.56. The SMILES string of the molecule is CCNC(=O)C(=Cc1ccc(-c2ccc(Cl)cc2Cl)o1)NC(=O)c1ccc(C)cc1. The summed E-state index contributed by atoms with van der Waals surface area (Å²) in [7, 11) is 0. The molecule has 0 saturated heterocycles. The van der Waals surface area contributed by atoms with E-state index in [2.05, 4.69) is 10.6 Å². The fraction of sp³-hybridized carbons (Fsp3) is 0.130. The van der Waals surface area contributed by atoms with Gasteiger partial charge in [0, 0.05) is 28.8 Å². The zero-order chi connectivity index (χ0) is 21.7. The van der Waals surface area contributed by atoms with Crippen molar-refractivity contribution in [2.75, 3.05) is 6.54 Å². The molecule has 0 fully saturated rings. The van der Waals surface area contributed by atoms with Crippen molar-refractivity contribution in [3.63, 3.8) is 0 Å². The maximum atomic E-state index is 12.6. The first kappa shape index (κ1) is 21.7. The highest BCUT2D eigenvalue weighted by molar-refractivity contribution is 6.36. The Hall–Kier alpha value is -3.02. The van der Waals surface area contributed by atoms with Crippen molar-refractivity contribution >= 4 is 41.1 Å². The summed E-state index contributed by atoms with van der Waals surface area (Å²) in [5.74, 6) is 0.102. The van der Waals surface area contributed by atoms with E-state index in [9.17, 15) is 9.59 Å². The molecule has 5 nitrogen and oxygen atoms in total. The van der Waals surface area contributed by atoms with E-state index in [0.29, 0.717) is 39.2 Å². The second-order valence-corrected chi connectivity index (χ2v) is 7.41. The summed E-state index contributed by atoms with van der Waals surface area (Å²) in [6.45, 7) is 4.15. The van der Waals surface area contributed by atoms with Gasteiger partial charge in [-0.05, 0) is 56.3 Å². The minimum absolute atomic E-state index is 0.0746. The fourth-order valence-corrected chi connectivity index (χ4v) is 3.22. The monoisotopic (exact) mass is 442 g/mol. The predicted molar refractivity (Wildman–Crippen MR) is 119 cm³/mol. The van der Waals surface area contributed by atoms with Crippen molar-refractivity contribution in [2.24, 2.45) is 0 Å². The Bertz CT molecular complexity index is 1100. The van der Waals surface area contributed by atoms with E-state index in [-0.39, 0.29) is 11.6 Å². The number of hydrogen-bond acceptors (Lipinski definition) is 3. The molecule has 7 heteroatoms. The Labute approximate surface area is 184 Å². The molecule has 0 bridgehead atoms. The summed E-state index contributed by atoms with van der Waals surface area (Å²) >= 11 is 12.2. The second kappa shape index (κ2) is 9.65. The van der Waals surface area contributed by atoms with Crippen molar-refractivity contribution in [3.8, 4) is 11.3 Å². The lowest BCUT2D eigenvalue weighted by Gasteiger charge is -2.10. The van der Waals surface area contributed by atoms with Gasteiger partial charge < -0.3 is 15.1 Å². The fourth-order valence-electron chi connectivity index (χ4n) is 2.72. The van der Waals surface area contributed by atoms with Crippen molar-refractivity contribution in [1.82, 2.24) is 10.6 Å². The summed E-state index contributed by atoms with van der Waals surface area (Å²) in [5.41, 5.74) is 2.23. The van der Waals surface area contributed by atoms with Gasteiger partial charge in [0.25, 0.3) is 11.8 Å². The van der Waals surface area contributed by atoms with E-state index in [1.54, 1.807) is 49.4 Å². The van der Waals surface area contributed by atoms with Gasteiger partial charge in [-0.15, -0.1) is 0 Å². The number of furan rings is 1. The number of nitrogens with one attached hydrogen (secondary N) is 2. The summed E-state index contributed by atoms with van der Waals surface area (Å²) < 4.78 is 5.82. The average Bonchev–Trinajstić information content (AvgIpc) is 3.16. The van der Waals surface area contributed by atoms with E-state index in [4.69, 9.17) is 27.6 Å². The quantitative estimate of drug-likeness (QED) is 0.497. The third kappa shape index (κ3) is 5.32. The van der Waals surface area contributed by atoms with Crippen LogP contribution >= 0.6 is 23.2 Å². The number of aryl methyl sites for hydroxylation is 1. The number of halogens is 2. The smallest absolute Gasteiger partial charge is 0.267 e. The summed E-state index contributed by atoms with van der Waals surface area (Å²) in [6, 6.07) is 15.6. The number of likely N-dealkylation sites (N-methyl/N-ethyl adjacent to an activating group) is 1. The first-order chi connectivity index (χ1) is 14.4. The molecule has 154 valence electrons. The van der Waals surface area contributed by atoms with Gasteiger partial charge in [0.15, 0.2) is 0 Å². The first-order valence-corrected chi connectivity index (χ1v) is 10.1. The Morgan fingerprint density at radius 2 is 1.77 bits per heavy atom. The van der Waals surface area contributed by atoms with Crippen LogP contribution in [0.3, 0.4) is 0 Å². The van der Waals surface area contributed by atoms with Crippen LogP contribution in [0.15, 0.2) is 64.7 Å². The van der Waals surface area contributed by atoms with Crippen LogP contribution in [-0.4, -0.2) is 18.4 Å². The van der Waals surface area contributed by atoms with E-state index >= 15 is 0 Å². The summed E-state index contributed by atoms with van der Waals surface area (Å²) in [4.78, 5) is 25.0. The molecule has 30 heavy (non-hydrogen) atoms. The van der Waals surface area contributed by atoms with Crippen molar-refractivity contribution in [3.05, 3.63) is 87.2 Å². The van der Waals surface area contributed by atoms with E-state index in [1.807, 2.05) is 19.1 Å². The number of carbonyl (C=O) groups is 2. The van der Waals surface area contributed by atoms with Crippen molar-refractivity contribution in [2.45, 2.75) is 13.8 Å². The highest BCUT2D eigenvalue weighted by Gasteiger charge is 2.16. The standard InChI is InChI=1S/C23H20Cl2N2O3/c1-3-26-23(29)20(27-22(28)15-6-4-14(2)5-7-15)13-17-9-11-21(30-17)18-10-8-16(24)12-19(18)25/h4-13H,3H2,1-2H3,(H,26,29)(H,27,28). The lowest BCUT2D eigenvalue weighted by Crippen LogP contribution is -2.34. The van der Waals surface area contributed by atoms with Crippen LogP contribution in [0.2, 0.25) is 10.0 Å². The predicted octanol–water partition coefficient (Wildman–Crippen LogP) is 5.47. The summed E-state index contributed by atoms with van der Waals surface area (Å²) in [6.07, 6.45) is 1.48. The molecule has 0 atom stereocenters. The Balaban J connectivity index is 1.88. The topological polar surface area (TPSA) is 71.3 Å². The molecular formula is C23H20Cl2N2O3. The molecule has 2 amide bonds. The van der Waals surface area contributed by atoms with Gasteiger partial charge in [-0.3, -0.25) is 9.59 Å². The number of carbonyl (C=O) groups excluding carboxylic acids is 2. The van der Waals surface area contributed by atoms with Gasteiger partial charge in [0.1, 0.15) is 17.2 Å². The Kier molecular flexibility index (Phi) is 6.98. The number of rotatable bonds is 6. The van der Waals surface area contributed by atoms with Crippen LogP contribution in [0.5, 0.6) is 0 Å². The highest BCUT2D eigenvalue weighted by atomic mass is 35.5. The maximum Gasteiger partial charge on any atom is 0.267 e. The van der Waals surface area contributed by atoms with Crippen molar-refractivity contribution in [1.29, 1.82) is 0 Å². The molecule has 0 radical (unpaired) electrons. The van der Waals surface area contributed by atoms with Gasteiger partial charge in [0.2, 0.25) is 0 Å². The molecule has 2 aromatic carbocycles. The minimum atomic E-state index is -0.416. The molecule has 1 heterocycles.